The van der Waals surface area contributed by atoms with Gasteiger partial charge in [0.15, 0.2) is 5.82 Å². The molecule has 1 atom stereocenters. The number of nitrogens with one attached hydrogen (secondary N) is 1. The van der Waals surface area contributed by atoms with Crippen LogP contribution in [0.15, 0.2) is 0 Å². The zero-order valence-corrected chi connectivity index (χ0v) is 13.5. The fourth-order valence-electron chi connectivity index (χ4n) is 2.89. The Kier molecular flexibility index (Phi) is 3.54. The van der Waals surface area contributed by atoms with Gasteiger partial charge >= 0.3 is 0 Å². The minimum Gasteiger partial charge on any atom is -0.316 e. The summed E-state index contributed by atoms with van der Waals surface area (Å²) in [4.78, 5) is 0.917. The summed E-state index contributed by atoms with van der Waals surface area (Å²) in [7, 11) is 0. The van der Waals surface area contributed by atoms with Crippen LogP contribution in [0.2, 0.25) is 0 Å². The Morgan fingerprint density at radius 1 is 1.35 bits per heavy atom. The maximum absolute atomic E-state index is 4.82. The Morgan fingerprint density at radius 2 is 2.15 bits per heavy atom. The van der Waals surface area contributed by atoms with Gasteiger partial charge in [0.2, 0.25) is 4.96 Å². The van der Waals surface area contributed by atoms with E-state index in [1.807, 2.05) is 4.52 Å². The van der Waals surface area contributed by atoms with Gasteiger partial charge in [-0.1, -0.05) is 39.0 Å². The lowest BCUT2D eigenvalue weighted by Gasteiger charge is -2.35. The second-order valence-corrected chi connectivity index (χ2v) is 7.54. The second-order valence-electron chi connectivity index (χ2n) is 6.58. The van der Waals surface area contributed by atoms with E-state index in [0.717, 1.165) is 23.9 Å². The van der Waals surface area contributed by atoms with E-state index in [-0.39, 0.29) is 5.41 Å². The number of nitrogens with zero attached hydrogens (tertiary/aromatic N) is 4. The van der Waals surface area contributed by atoms with Crippen LogP contribution in [0.4, 0.5) is 0 Å². The fourth-order valence-corrected chi connectivity index (χ4v) is 3.92. The van der Waals surface area contributed by atoms with Gasteiger partial charge in [0.1, 0.15) is 5.01 Å². The minimum atomic E-state index is 0.0903. The number of aromatic nitrogens is 4. The molecular formula is C14H23N5S. The zero-order chi connectivity index (χ0) is 14.3. The number of piperidine rings is 1. The molecule has 110 valence electrons. The first kappa shape index (κ1) is 13.9. The third kappa shape index (κ3) is 2.24. The van der Waals surface area contributed by atoms with Crippen molar-refractivity contribution in [3.05, 3.63) is 10.8 Å². The van der Waals surface area contributed by atoms with Crippen molar-refractivity contribution in [3.63, 3.8) is 0 Å². The maximum Gasteiger partial charge on any atom is 0.234 e. The van der Waals surface area contributed by atoms with E-state index >= 15 is 0 Å². The molecule has 0 saturated carbocycles. The summed E-state index contributed by atoms with van der Waals surface area (Å²) < 4.78 is 1.93. The van der Waals surface area contributed by atoms with Crippen LogP contribution in [0.1, 0.15) is 57.3 Å². The minimum absolute atomic E-state index is 0.0903. The second kappa shape index (κ2) is 5.07. The van der Waals surface area contributed by atoms with Crippen molar-refractivity contribution >= 4 is 16.3 Å². The number of fused-ring (bicyclic) bond motifs is 1. The van der Waals surface area contributed by atoms with E-state index < -0.39 is 0 Å². The van der Waals surface area contributed by atoms with Crippen LogP contribution in [-0.4, -0.2) is 32.9 Å². The summed E-state index contributed by atoms with van der Waals surface area (Å²) in [6.45, 7) is 11.1. The van der Waals surface area contributed by atoms with Gasteiger partial charge < -0.3 is 5.32 Å². The molecule has 0 bridgehead atoms. The van der Waals surface area contributed by atoms with Crippen LogP contribution in [0.5, 0.6) is 0 Å². The van der Waals surface area contributed by atoms with Gasteiger partial charge in [-0.2, -0.15) is 9.61 Å². The maximum atomic E-state index is 4.82. The third-order valence-corrected chi connectivity index (χ3v) is 5.64. The summed E-state index contributed by atoms with van der Waals surface area (Å²) in [5.74, 6) is 1.95. The van der Waals surface area contributed by atoms with Crippen LogP contribution in [-0.2, 0) is 5.41 Å². The fraction of sp³-hybridized carbons (Fsp3) is 0.786. The summed E-state index contributed by atoms with van der Waals surface area (Å²) >= 11 is 1.69. The summed E-state index contributed by atoms with van der Waals surface area (Å²) in [6, 6.07) is 0. The van der Waals surface area contributed by atoms with Crippen molar-refractivity contribution in [2.24, 2.45) is 5.92 Å². The molecule has 5 nitrogen and oxygen atoms in total. The molecule has 3 rings (SSSR count). The van der Waals surface area contributed by atoms with E-state index in [0.29, 0.717) is 11.8 Å². The summed E-state index contributed by atoms with van der Waals surface area (Å²) in [5.41, 5.74) is 0.0903. The van der Waals surface area contributed by atoms with Crippen LogP contribution in [0.3, 0.4) is 0 Å². The molecular weight excluding hydrogens is 270 g/mol. The van der Waals surface area contributed by atoms with Gasteiger partial charge in [-0.15, -0.1) is 10.2 Å². The highest BCUT2D eigenvalue weighted by Crippen LogP contribution is 2.37. The van der Waals surface area contributed by atoms with Crippen molar-refractivity contribution in [1.29, 1.82) is 0 Å². The zero-order valence-electron chi connectivity index (χ0n) is 12.7. The van der Waals surface area contributed by atoms with Gasteiger partial charge in [-0.25, -0.2) is 0 Å². The molecule has 1 aliphatic heterocycles. The Labute approximate surface area is 123 Å². The molecule has 1 saturated heterocycles. The van der Waals surface area contributed by atoms with E-state index in [4.69, 9.17) is 5.10 Å². The molecule has 0 amide bonds. The molecule has 1 aliphatic rings. The van der Waals surface area contributed by atoms with Crippen LogP contribution in [0.25, 0.3) is 4.96 Å². The molecule has 3 heterocycles. The first-order valence-corrected chi connectivity index (χ1v) is 8.25. The highest BCUT2D eigenvalue weighted by molar-refractivity contribution is 7.16. The van der Waals surface area contributed by atoms with Gasteiger partial charge in [0.25, 0.3) is 0 Å². The summed E-state index contributed by atoms with van der Waals surface area (Å²) in [5, 5.41) is 18.0. The molecule has 1 unspecified atom stereocenters. The highest BCUT2D eigenvalue weighted by atomic mass is 32.1. The standard InChI is InChI=1S/C14H23N5S/c1-9(2)11-16-17-13-19(11)18-12(20-13)14(3,4)10-6-5-7-15-8-10/h9-10,15H,5-8H2,1-4H3. The van der Waals surface area contributed by atoms with Gasteiger partial charge in [0, 0.05) is 11.3 Å². The normalized spacial score (nSPS) is 20.9. The Balaban J connectivity index is 1.96. The quantitative estimate of drug-likeness (QED) is 0.945. The molecule has 1 N–H and O–H groups in total. The molecule has 1 fully saturated rings. The Hall–Kier alpha value is -1.01. The van der Waals surface area contributed by atoms with Crippen molar-refractivity contribution in [1.82, 2.24) is 25.1 Å². The smallest absolute Gasteiger partial charge is 0.234 e. The molecule has 2 aromatic rings. The topological polar surface area (TPSA) is 55.1 Å². The highest BCUT2D eigenvalue weighted by Gasteiger charge is 2.35. The largest absolute Gasteiger partial charge is 0.316 e. The monoisotopic (exact) mass is 293 g/mol. The van der Waals surface area contributed by atoms with E-state index in [9.17, 15) is 0 Å². The Bertz CT molecular complexity index is 592. The van der Waals surface area contributed by atoms with Gasteiger partial charge in [-0.3, -0.25) is 0 Å². The van der Waals surface area contributed by atoms with E-state index in [1.165, 1.54) is 17.8 Å². The first-order chi connectivity index (χ1) is 9.50. The third-order valence-electron chi connectivity index (χ3n) is 4.40. The van der Waals surface area contributed by atoms with Crippen LogP contribution in [0, 0.1) is 5.92 Å². The summed E-state index contributed by atoms with van der Waals surface area (Å²) in [6.07, 6.45) is 2.53. The van der Waals surface area contributed by atoms with Crippen molar-refractivity contribution in [2.45, 2.75) is 51.9 Å². The first-order valence-electron chi connectivity index (χ1n) is 7.43. The van der Waals surface area contributed by atoms with Crippen LogP contribution < -0.4 is 5.32 Å². The molecule has 0 spiro atoms. The lowest BCUT2D eigenvalue weighted by atomic mass is 9.75. The van der Waals surface area contributed by atoms with E-state index in [2.05, 4.69) is 43.2 Å². The van der Waals surface area contributed by atoms with E-state index in [1.54, 1.807) is 11.3 Å². The number of rotatable bonds is 3. The van der Waals surface area contributed by atoms with Crippen molar-refractivity contribution in [2.75, 3.05) is 13.1 Å². The molecule has 2 aromatic heterocycles. The van der Waals surface area contributed by atoms with Crippen LogP contribution >= 0.6 is 11.3 Å². The number of hydrogen-bond donors (Lipinski definition) is 1. The lowest BCUT2D eigenvalue weighted by Crippen LogP contribution is -2.40. The molecule has 0 aliphatic carbocycles. The lowest BCUT2D eigenvalue weighted by molar-refractivity contribution is 0.250. The average molecular weight is 293 g/mol. The predicted molar refractivity (Wildman–Crippen MR) is 81.4 cm³/mol. The molecule has 6 heteroatoms. The predicted octanol–water partition coefficient (Wildman–Crippen LogP) is 2.59. The molecule has 0 radical (unpaired) electrons. The number of hydrogen-bond acceptors (Lipinski definition) is 5. The average Bonchev–Trinajstić information content (AvgIpc) is 2.99. The van der Waals surface area contributed by atoms with Crippen molar-refractivity contribution in [3.8, 4) is 0 Å². The van der Waals surface area contributed by atoms with Crippen molar-refractivity contribution < 1.29 is 0 Å². The Morgan fingerprint density at radius 3 is 2.80 bits per heavy atom. The molecule has 20 heavy (non-hydrogen) atoms. The molecule has 0 aromatic carbocycles. The SMILES string of the molecule is CC(C)c1nnc2sc(C(C)(C)C3CCCNC3)nn12. The van der Waals surface area contributed by atoms with Gasteiger partial charge in [0.05, 0.1) is 0 Å². The van der Waals surface area contributed by atoms with Gasteiger partial charge in [-0.05, 0) is 31.8 Å².